The largest absolute Gasteiger partial charge is 0.409 e. The zero-order valence-corrected chi connectivity index (χ0v) is 7.11. The molecule has 0 saturated heterocycles. The minimum absolute atomic E-state index is 0.193. The molecule has 0 amide bonds. The Morgan fingerprint density at radius 3 is 2.25 bits per heavy atom. The van der Waals surface area contributed by atoms with E-state index in [1.165, 1.54) is 0 Å². The molecule has 0 radical (unpaired) electrons. The van der Waals surface area contributed by atoms with Crippen LogP contribution in [0.15, 0.2) is 30.5 Å². The second-order valence-corrected chi connectivity index (χ2v) is 2.36. The van der Waals surface area contributed by atoms with Gasteiger partial charge in [-0.1, -0.05) is 17.3 Å². The standard InChI is InChI=1S/C8H15N3O/c1-3-5-11(6-4-2)7-8(9)10-12/h3-4,12H,1-2,5-7H2,(H2,9,10). The maximum Gasteiger partial charge on any atom is 0.153 e. The monoisotopic (exact) mass is 169 g/mol. The van der Waals surface area contributed by atoms with Crippen molar-refractivity contribution in [2.75, 3.05) is 19.6 Å². The van der Waals surface area contributed by atoms with E-state index in [2.05, 4.69) is 18.3 Å². The smallest absolute Gasteiger partial charge is 0.153 e. The third kappa shape index (κ3) is 4.51. The van der Waals surface area contributed by atoms with Crippen molar-refractivity contribution in [3.05, 3.63) is 25.3 Å². The first-order chi connectivity index (χ1) is 5.74. The first kappa shape index (κ1) is 10.7. The van der Waals surface area contributed by atoms with Gasteiger partial charge in [-0.25, -0.2) is 0 Å². The number of hydrogen-bond donors (Lipinski definition) is 2. The highest BCUT2D eigenvalue weighted by molar-refractivity contribution is 5.81. The first-order valence-corrected chi connectivity index (χ1v) is 3.65. The molecular weight excluding hydrogens is 154 g/mol. The van der Waals surface area contributed by atoms with E-state index < -0.39 is 0 Å². The fourth-order valence-electron chi connectivity index (χ4n) is 0.830. The molecule has 0 saturated carbocycles. The highest BCUT2D eigenvalue weighted by Gasteiger charge is 2.02. The molecular formula is C8H15N3O. The molecule has 3 N–H and O–H groups in total. The van der Waals surface area contributed by atoms with Gasteiger partial charge < -0.3 is 10.9 Å². The van der Waals surface area contributed by atoms with Gasteiger partial charge in [-0.15, -0.1) is 13.2 Å². The normalized spacial score (nSPS) is 11.6. The second kappa shape index (κ2) is 6.42. The van der Waals surface area contributed by atoms with E-state index in [0.29, 0.717) is 19.6 Å². The highest BCUT2D eigenvalue weighted by atomic mass is 16.4. The molecule has 0 spiro atoms. The quantitative estimate of drug-likeness (QED) is 0.199. The fraction of sp³-hybridized carbons (Fsp3) is 0.375. The van der Waals surface area contributed by atoms with E-state index >= 15 is 0 Å². The summed E-state index contributed by atoms with van der Waals surface area (Å²) in [6, 6.07) is 0. The van der Waals surface area contributed by atoms with E-state index in [0.717, 1.165) is 0 Å². The maximum atomic E-state index is 8.30. The molecule has 4 heteroatoms. The fourth-order valence-corrected chi connectivity index (χ4v) is 0.830. The summed E-state index contributed by atoms with van der Waals surface area (Å²) in [5.74, 6) is 0.193. The lowest BCUT2D eigenvalue weighted by atomic mass is 10.4. The van der Waals surface area contributed by atoms with Crippen LogP contribution in [0.3, 0.4) is 0 Å². The zero-order chi connectivity index (χ0) is 9.40. The molecule has 0 rings (SSSR count). The molecule has 0 aliphatic heterocycles. The Bertz CT molecular complexity index is 167. The van der Waals surface area contributed by atoms with Crippen LogP contribution in [0, 0.1) is 0 Å². The lowest BCUT2D eigenvalue weighted by molar-refractivity contribution is 0.309. The highest BCUT2D eigenvalue weighted by Crippen LogP contribution is 1.88. The van der Waals surface area contributed by atoms with Crippen molar-refractivity contribution in [1.29, 1.82) is 0 Å². The summed E-state index contributed by atoms with van der Waals surface area (Å²) in [5.41, 5.74) is 5.32. The molecule has 0 bridgehead atoms. The Kier molecular flexibility index (Phi) is 5.73. The molecule has 0 aliphatic carbocycles. The van der Waals surface area contributed by atoms with Crippen molar-refractivity contribution >= 4 is 5.84 Å². The van der Waals surface area contributed by atoms with Gasteiger partial charge in [0, 0.05) is 13.1 Å². The molecule has 0 aromatic heterocycles. The van der Waals surface area contributed by atoms with Crippen LogP contribution < -0.4 is 5.73 Å². The average molecular weight is 169 g/mol. The van der Waals surface area contributed by atoms with Gasteiger partial charge in [-0.05, 0) is 0 Å². The van der Waals surface area contributed by atoms with Gasteiger partial charge in [0.05, 0.1) is 6.54 Å². The third-order valence-corrected chi connectivity index (χ3v) is 1.29. The topological polar surface area (TPSA) is 61.8 Å². The van der Waals surface area contributed by atoms with E-state index in [9.17, 15) is 0 Å². The minimum atomic E-state index is 0.193. The number of hydrogen-bond acceptors (Lipinski definition) is 3. The maximum absolute atomic E-state index is 8.30. The van der Waals surface area contributed by atoms with E-state index in [4.69, 9.17) is 10.9 Å². The number of oxime groups is 1. The van der Waals surface area contributed by atoms with Gasteiger partial charge in [0.25, 0.3) is 0 Å². The number of rotatable bonds is 6. The minimum Gasteiger partial charge on any atom is -0.409 e. The van der Waals surface area contributed by atoms with Crippen LogP contribution in [0.4, 0.5) is 0 Å². The van der Waals surface area contributed by atoms with Gasteiger partial charge >= 0.3 is 0 Å². The predicted octanol–water partition coefficient (Wildman–Crippen LogP) is 0.407. The molecule has 4 nitrogen and oxygen atoms in total. The van der Waals surface area contributed by atoms with Crippen LogP contribution in [0.2, 0.25) is 0 Å². The van der Waals surface area contributed by atoms with Crippen LogP contribution in [-0.4, -0.2) is 35.6 Å². The van der Waals surface area contributed by atoms with E-state index in [-0.39, 0.29) is 5.84 Å². The van der Waals surface area contributed by atoms with Gasteiger partial charge in [-0.2, -0.15) is 0 Å². The SMILES string of the molecule is C=CCN(CC=C)CC(N)=NO. The summed E-state index contributed by atoms with van der Waals surface area (Å²) in [7, 11) is 0. The molecule has 68 valence electrons. The Morgan fingerprint density at radius 1 is 1.42 bits per heavy atom. The summed E-state index contributed by atoms with van der Waals surface area (Å²) in [6.45, 7) is 9.01. The van der Waals surface area contributed by atoms with Crippen LogP contribution in [0.25, 0.3) is 0 Å². The van der Waals surface area contributed by atoms with Crippen molar-refractivity contribution in [3.63, 3.8) is 0 Å². The van der Waals surface area contributed by atoms with Crippen LogP contribution in [0.5, 0.6) is 0 Å². The molecule has 0 unspecified atom stereocenters. The Labute approximate surface area is 72.7 Å². The molecule has 0 aromatic carbocycles. The van der Waals surface area contributed by atoms with E-state index in [1.54, 1.807) is 12.2 Å². The van der Waals surface area contributed by atoms with Crippen molar-refractivity contribution in [2.24, 2.45) is 10.9 Å². The lowest BCUT2D eigenvalue weighted by Gasteiger charge is -2.16. The van der Waals surface area contributed by atoms with Crippen LogP contribution in [-0.2, 0) is 0 Å². The summed E-state index contributed by atoms with van der Waals surface area (Å²) >= 11 is 0. The summed E-state index contributed by atoms with van der Waals surface area (Å²) < 4.78 is 0. The third-order valence-electron chi connectivity index (χ3n) is 1.29. The molecule has 0 atom stereocenters. The van der Waals surface area contributed by atoms with Crippen molar-refractivity contribution in [1.82, 2.24) is 4.90 Å². The summed E-state index contributed by atoms with van der Waals surface area (Å²) in [5, 5.41) is 11.2. The lowest BCUT2D eigenvalue weighted by Crippen LogP contribution is -2.34. The van der Waals surface area contributed by atoms with Gasteiger partial charge in [0.1, 0.15) is 0 Å². The van der Waals surface area contributed by atoms with Gasteiger partial charge in [-0.3, -0.25) is 4.90 Å². The number of amidine groups is 1. The average Bonchev–Trinajstić information content (AvgIpc) is 2.05. The molecule has 0 aromatic rings. The number of nitrogens with two attached hydrogens (primary N) is 1. The molecule has 0 aliphatic rings. The Morgan fingerprint density at radius 2 is 1.92 bits per heavy atom. The Hall–Kier alpha value is -1.29. The van der Waals surface area contributed by atoms with Crippen molar-refractivity contribution in [2.45, 2.75) is 0 Å². The van der Waals surface area contributed by atoms with Crippen LogP contribution >= 0.6 is 0 Å². The van der Waals surface area contributed by atoms with Gasteiger partial charge in [0.15, 0.2) is 5.84 Å². The number of nitrogens with zero attached hydrogens (tertiary/aromatic N) is 2. The molecule has 0 fully saturated rings. The molecule has 12 heavy (non-hydrogen) atoms. The van der Waals surface area contributed by atoms with Crippen LogP contribution in [0.1, 0.15) is 0 Å². The summed E-state index contributed by atoms with van der Waals surface area (Å²) in [6.07, 6.45) is 3.52. The van der Waals surface area contributed by atoms with E-state index in [1.807, 2.05) is 4.90 Å². The van der Waals surface area contributed by atoms with Crippen molar-refractivity contribution in [3.8, 4) is 0 Å². The second-order valence-electron chi connectivity index (χ2n) is 2.36. The van der Waals surface area contributed by atoms with Crippen molar-refractivity contribution < 1.29 is 5.21 Å². The zero-order valence-electron chi connectivity index (χ0n) is 7.11. The van der Waals surface area contributed by atoms with Gasteiger partial charge in [0.2, 0.25) is 0 Å². The first-order valence-electron chi connectivity index (χ1n) is 3.65. The Balaban J connectivity index is 3.92. The summed E-state index contributed by atoms with van der Waals surface area (Å²) in [4.78, 5) is 1.94. The predicted molar refractivity (Wildman–Crippen MR) is 50.2 cm³/mol. The molecule has 0 heterocycles.